The van der Waals surface area contributed by atoms with Crippen LogP contribution < -0.4 is 5.32 Å². The largest absolute Gasteiger partial charge is 0.459 e. The standard InChI is InChI=1S/C18H24N4O3/c23-18(19-14-5-2-1-3-6-14)22-10-8-13(9-11-22)16-20-21-17(25-16)15-7-4-12-24-15/h4,7,12-14H,1-3,5-6,8-11H2,(H,19,23). The third-order valence-corrected chi connectivity index (χ3v) is 5.24. The molecule has 0 spiro atoms. The number of nitrogens with zero attached hydrogens (tertiary/aromatic N) is 3. The van der Waals surface area contributed by atoms with Gasteiger partial charge in [0.2, 0.25) is 5.89 Å². The van der Waals surface area contributed by atoms with Crippen molar-refractivity contribution in [3.05, 3.63) is 24.3 Å². The van der Waals surface area contributed by atoms with Crippen LogP contribution in [0.5, 0.6) is 0 Å². The molecule has 0 bridgehead atoms. The molecule has 1 saturated heterocycles. The second-order valence-corrected chi connectivity index (χ2v) is 6.97. The number of piperidine rings is 1. The Balaban J connectivity index is 1.30. The van der Waals surface area contributed by atoms with Crippen LogP contribution in [0, 0.1) is 0 Å². The third-order valence-electron chi connectivity index (χ3n) is 5.24. The summed E-state index contributed by atoms with van der Waals surface area (Å²) in [7, 11) is 0. The Kier molecular flexibility index (Phi) is 4.72. The summed E-state index contributed by atoms with van der Waals surface area (Å²) in [6.45, 7) is 1.45. The molecule has 3 heterocycles. The van der Waals surface area contributed by atoms with Crippen molar-refractivity contribution in [2.24, 2.45) is 0 Å². The van der Waals surface area contributed by atoms with E-state index in [1.54, 1.807) is 18.4 Å². The fourth-order valence-electron chi connectivity index (χ4n) is 3.74. The highest BCUT2D eigenvalue weighted by atomic mass is 16.4. The fraction of sp³-hybridized carbons (Fsp3) is 0.611. The quantitative estimate of drug-likeness (QED) is 0.920. The maximum atomic E-state index is 12.4. The van der Waals surface area contributed by atoms with E-state index in [9.17, 15) is 4.79 Å². The molecule has 0 aromatic carbocycles. The predicted octanol–water partition coefficient (Wildman–Crippen LogP) is 3.55. The van der Waals surface area contributed by atoms with Crippen molar-refractivity contribution < 1.29 is 13.6 Å². The number of carbonyl (C=O) groups excluding carboxylic acids is 1. The van der Waals surface area contributed by atoms with E-state index in [0.717, 1.165) is 38.8 Å². The number of likely N-dealkylation sites (tertiary alicyclic amines) is 1. The van der Waals surface area contributed by atoms with Crippen LogP contribution in [0.1, 0.15) is 56.8 Å². The number of carbonyl (C=O) groups is 1. The molecule has 0 radical (unpaired) electrons. The summed E-state index contributed by atoms with van der Waals surface area (Å²) in [4.78, 5) is 14.3. The summed E-state index contributed by atoms with van der Waals surface area (Å²) in [6, 6.07) is 4.02. The second kappa shape index (κ2) is 7.29. The minimum absolute atomic E-state index is 0.0761. The lowest BCUT2D eigenvalue weighted by molar-refractivity contribution is 0.171. The normalized spacial score (nSPS) is 19.9. The Labute approximate surface area is 146 Å². The second-order valence-electron chi connectivity index (χ2n) is 6.97. The van der Waals surface area contributed by atoms with Gasteiger partial charge in [0.1, 0.15) is 0 Å². The van der Waals surface area contributed by atoms with Crippen molar-refractivity contribution in [1.29, 1.82) is 0 Å². The Morgan fingerprint density at radius 3 is 2.64 bits per heavy atom. The highest BCUT2D eigenvalue weighted by Crippen LogP contribution is 2.29. The maximum Gasteiger partial charge on any atom is 0.317 e. The smallest absolute Gasteiger partial charge is 0.317 e. The number of nitrogens with one attached hydrogen (secondary N) is 1. The molecule has 25 heavy (non-hydrogen) atoms. The zero-order chi connectivity index (χ0) is 17.1. The Bertz CT molecular complexity index is 683. The van der Waals surface area contributed by atoms with Gasteiger partial charge < -0.3 is 19.1 Å². The van der Waals surface area contributed by atoms with Gasteiger partial charge in [0, 0.05) is 25.0 Å². The first-order valence-corrected chi connectivity index (χ1v) is 9.22. The van der Waals surface area contributed by atoms with E-state index in [2.05, 4.69) is 15.5 Å². The number of furan rings is 1. The van der Waals surface area contributed by atoms with Crippen molar-refractivity contribution in [3.8, 4) is 11.7 Å². The average Bonchev–Trinajstić information content (AvgIpc) is 3.34. The molecule has 2 fully saturated rings. The molecular weight excluding hydrogens is 320 g/mol. The monoisotopic (exact) mass is 344 g/mol. The van der Waals surface area contributed by atoms with Crippen LogP contribution in [-0.4, -0.2) is 40.3 Å². The molecule has 4 rings (SSSR count). The van der Waals surface area contributed by atoms with Gasteiger partial charge in [-0.15, -0.1) is 10.2 Å². The summed E-state index contributed by atoms with van der Waals surface area (Å²) in [5.41, 5.74) is 0. The molecule has 0 unspecified atom stereocenters. The Hall–Kier alpha value is -2.31. The molecule has 134 valence electrons. The zero-order valence-corrected chi connectivity index (χ0v) is 14.3. The van der Waals surface area contributed by atoms with Crippen LogP contribution >= 0.6 is 0 Å². The van der Waals surface area contributed by atoms with Crippen LogP contribution in [0.4, 0.5) is 4.79 Å². The Morgan fingerprint density at radius 2 is 1.92 bits per heavy atom. The number of rotatable bonds is 3. The first-order chi connectivity index (χ1) is 12.3. The SMILES string of the molecule is O=C(NC1CCCCC1)N1CCC(c2nnc(-c3ccco3)o2)CC1. The lowest BCUT2D eigenvalue weighted by Gasteiger charge is -2.32. The zero-order valence-electron chi connectivity index (χ0n) is 14.3. The lowest BCUT2D eigenvalue weighted by Crippen LogP contribution is -2.48. The molecule has 0 atom stereocenters. The molecule has 1 N–H and O–H groups in total. The van der Waals surface area contributed by atoms with Crippen LogP contribution in [0.15, 0.2) is 27.2 Å². The highest BCUT2D eigenvalue weighted by molar-refractivity contribution is 5.74. The summed E-state index contributed by atoms with van der Waals surface area (Å²) >= 11 is 0. The highest BCUT2D eigenvalue weighted by Gasteiger charge is 2.28. The van der Waals surface area contributed by atoms with E-state index >= 15 is 0 Å². The molecule has 1 aliphatic heterocycles. The number of hydrogen-bond acceptors (Lipinski definition) is 5. The number of aromatic nitrogens is 2. The number of amides is 2. The van der Waals surface area contributed by atoms with Gasteiger partial charge in [0.15, 0.2) is 5.76 Å². The van der Waals surface area contributed by atoms with Gasteiger partial charge in [-0.3, -0.25) is 0 Å². The van der Waals surface area contributed by atoms with E-state index in [1.165, 1.54) is 19.3 Å². The lowest BCUT2D eigenvalue weighted by atomic mass is 9.95. The average molecular weight is 344 g/mol. The minimum atomic E-state index is 0.0761. The molecular formula is C18H24N4O3. The summed E-state index contributed by atoms with van der Waals surface area (Å²) in [5.74, 6) is 1.84. The van der Waals surface area contributed by atoms with E-state index in [1.807, 2.05) is 4.90 Å². The van der Waals surface area contributed by atoms with E-state index in [-0.39, 0.29) is 11.9 Å². The van der Waals surface area contributed by atoms with Gasteiger partial charge in [-0.2, -0.15) is 0 Å². The third kappa shape index (κ3) is 3.70. The van der Waals surface area contributed by atoms with Crippen molar-refractivity contribution in [3.63, 3.8) is 0 Å². The minimum Gasteiger partial charge on any atom is -0.459 e. The van der Waals surface area contributed by atoms with Crippen molar-refractivity contribution in [1.82, 2.24) is 20.4 Å². The van der Waals surface area contributed by atoms with Gasteiger partial charge >= 0.3 is 6.03 Å². The summed E-state index contributed by atoms with van der Waals surface area (Å²) in [5, 5.41) is 11.4. The van der Waals surface area contributed by atoms with Crippen molar-refractivity contribution >= 4 is 6.03 Å². The van der Waals surface area contributed by atoms with Gasteiger partial charge in [-0.25, -0.2) is 4.79 Å². The van der Waals surface area contributed by atoms with Crippen molar-refractivity contribution in [2.75, 3.05) is 13.1 Å². The topological polar surface area (TPSA) is 84.4 Å². The first-order valence-electron chi connectivity index (χ1n) is 9.22. The molecule has 7 nitrogen and oxygen atoms in total. The summed E-state index contributed by atoms with van der Waals surface area (Å²) in [6.07, 6.45) is 9.24. The van der Waals surface area contributed by atoms with E-state index in [4.69, 9.17) is 8.83 Å². The van der Waals surface area contributed by atoms with Crippen LogP contribution in [-0.2, 0) is 0 Å². The molecule has 1 aliphatic carbocycles. The fourth-order valence-corrected chi connectivity index (χ4v) is 3.74. The van der Waals surface area contributed by atoms with Gasteiger partial charge in [-0.1, -0.05) is 19.3 Å². The van der Waals surface area contributed by atoms with E-state index in [0.29, 0.717) is 23.6 Å². The molecule has 2 aliphatic rings. The Morgan fingerprint density at radius 1 is 1.12 bits per heavy atom. The van der Waals surface area contributed by atoms with Crippen LogP contribution in [0.3, 0.4) is 0 Å². The van der Waals surface area contributed by atoms with Crippen LogP contribution in [0.25, 0.3) is 11.7 Å². The van der Waals surface area contributed by atoms with Gasteiger partial charge in [0.25, 0.3) is 5.89 Å². The van der Waals surface area contributed by atoms with Crippen LogP contribution in [0.2, 0.25) is 0 Å². The number of hydrogen-bond donors (Lipinski definition) is 1. The molecule has 1 saturated carbocycles. The van der Waals surface area contributed by atoms with E-state index < -0.39 is 0 Å². The van der Waals surface area contributed by atoms with Gasteiger partial charge in [0.05, 0.1) is 6.26 Å². The number of urea groups is 1. The molecule has 2 amide bonds. The molecule has 2 aromatic rings. The van der Waals surface area contributed by atoms with Gasteiger partial charge in [-0.05, 0) is 37.8 Å². The first kappa shape index (κ1) is 16.2. The van der Waals surface area contributed by atoms with Crippen molar-refractivity contribution in [2.45, 2.75) is 56.9 Å². The molecule has 7 heteroatoms. The molecule has 2 aromatic heterocycles. The predicted molar refractivity (Wildman–Crippen MR) is 91.0 cm³/mol. The maximum absolute atomic E-state index is 12.4. The summed E-state index contributed by atoms with van der Waals surface area (Å²) < 4.78 is 11.0.